The van der Waals surface area contributed by atoms with E-state index in [0.29, 0.717) is 18.4 Å². The molecule has 0 fully saturated rings. The van der Waals surface area contributed by atoms with Gasteiger partial charge in [0.2, 0.25) is 0 Å². The highest BCUT2D eigenvalue weighted by molar-refractivity contribution is 5.24. The van der Waals surface area contributed by atoms with Gasteiger partial charge in [0, 0.05) is 0 Å². The van der Waals surface area contributed by atoms with Gasteiger partial charge in [0.15, 0.2) is 0 Å². The Morgan fingerprint density at radius 2 is 1.14 bits per heavy atom. The molecular formula is C28H34O. The van der Waals surface area contributed by atoms with Crippen molar-refractivity contribution in [3.05, 3.63) is 107 Å². The molecule has 3 aromatic rings. The van der Waals surface area contributed by atoms with Gasteiger partial charge in [0.25, 0.3) is 0 Å². The molecule has 152 valence electrons. The molecule has 2 unspecified atom stereocenters. The van der Waals surface area contributed by atoms with Gasteiger partial charge >= 0.3 is 0 Å². The van der Waals surface area contributed by atoms with E-state index in [1.165, 1.54) is 22.3 Å². The fraction of sp³-hybridized carbons (Fsp3) is 0.357. The maximum absolute atomic E-state index is 6.40. The Hall–Kier alpha value is -2.38. The predicted molar refractivity (Wildman–Crippen MR) is 123 cm³/mol. The van der Waals surface area contributed by atoms with Crippen LogP contribution in [0.3, 0.4) is 0 Å². The Bertz CT molecular complexity index is 821. The van der Waals surface area contributed by atoms with E-state index in [1.807, 2.05) is 0 Å². The van der Waals surface area contributed by atoms with Gasteiger partial charge in [-0.05, 0) is 53.4 Å². The average Bonchev–Trinajstić information content (AvgIpc) is 2.77. The fourth-order valence-corrected chi connectivity index (χ4v) is 3.51. The molecule has 3 rings (SSSR count). The van der Waals surface area contributed by atoms with Crippen LogP contribution >= 0.6 is 0 Å². The van der Waals surface area contributed by atoms with Crippen LogP contribution in [0.15, 0.2) is 84.9 Å². The van der Waals surface area contributed by atoms with Crippen LogP contribution in [-0.2, 0) is 24.2 Å². The monoisotopic (exact) mass is 386 g/mol. The van der Waals surface area contributed by atoms with Gasteiger partial charge in [0.05, 0.1) is 12.7 Å². The van der Waals surface area contributed by atoms with Crippen LogP contribution in [0.5, 0.6) is 0 Å². The van der Waals surface area contributed by atoms with Gasteiger partial charge in [-0.1, -0.05) is 106 Å². The smallest absolute Gasteiger partial charge is 0.0832 e. The van der Waals surface area contributed by atoms with E-state index in [0.717, 1.165) is 19.3 Å². The zero-order valence-corrected chi connectivity index (χ0v) is 18.1. The number of rotatable bonds is 10. The minimum Gasteiger partial charge on any atom is -0.369 e. The highest BCUT2D eigenvalue weighted by atomic mass is 16.5. The molecule has 0 heterocycles. The van der Waals surface area contributed by atoms with Crippen molar-refractivity contribution in [2.24, 2.45) is 11.8 Å². The molecule has 0 saturated carbocycles. The average molecular weight is 387 g/mol. The summed E-state index contributed by atoms with van der Waals surface area (Å²) in [6.45, 7) is 7.57. The van der Waals surface area contributed by atoms with Crippen molar-refractivity contribution in [3.63, 3.8) is 0 Å². The molecule has 0 amide bonds. The standard InChI is InChI=1S/C28H34O/c1-22(2)23(3)20-28(27-12-8-5-9-13-27)29-21-26-18-16-25(17-19-26)15-14-24-10-6-4-7-11-24/h4-13,16-19,22-23,28H,14-15,20-21H2,1-3H3. The second kappa shape index (κ2) is 11.0. The normalized spacial score (nSPS) is 13.4. The van der Waals surface area contributed by atoms with Crippen LogP contribution in [-0.4, -0.2) is 0 Å². The van der Waals surface area contributed by atoms with Crippen molar-refractivity contribution in [2.45, 2.75) is 52.7 Å². The molecule has 0 aromatic heterocycles. The van der Waals surface area contributed by atoms with Gasteiger partial charge in [0.1, 0.15) is 0 Å². The Morgan fingerprint density at radius 1 is 0.621 bits per heavy atom. The number of ether oxygens (including phenoxy) is 1. The second-order valence-electron chi connectivity index (χ2n) is 8.47. The zero-order valence-electron chi connectivity index (χ0n) is 18.1. The highest BCUT2D eigenvalue weighted by Crippen LogP contribution is 2.29. The lowest BCUT2D eigenvalue weighted by Crippen LogP contribution is -2.13. The molecule has 1 nitrogen and oxygen atoms in total. The molecule has 3 aromatic carbocycles. The van der Waals surface area contributed by atoms with Crippen LogP contribution in [0.2, 0.25) is 0 Å². The Balaban J connectivity index is 1.57. The van der Waals surface area contributed by atoms with E-state index in [1.54, 1.807) is 0 Å². The molecule has 0 spiro atoms. The first kappa shape index (κ1) is 21.3. The number of aryl methyl sites for hydroxylation is 2. The first-order valence-electron chi connectivity index (χ1n) is 10.9. The summed E-state index contributed by atoms with van der Waals surface area (Å²) in [4.78, 5) is 0. The van der Waals surface area contributed by atoms with Crippen LogP contribution in [0.1, 0.15) is 55.5 Å². The quantitative estimate of drug-likeness (QED) is 0.352. The molecule has 0 bridgehead atoms. The summed E-state index contributed by atoms with van der Waals surface area (Å²) in [6.07, 6.45) is 3.35. The van der Waals surface area contributed by atoms with Crippen molar-refractivity contribution >= 4 is 0 Å². The summed E-state index contributed by atoms with van der Waals surface area (Å²) in [6, 6.07) is 30.3. The predicted octanol–water partition coefficient (Wildman–Crippen LogP) is 7.41. The maximum atomic E-state index is 6.40. The largest absolute Gasteiger partial charge is 0.369 e. The van der Waals surface area contributed by atoms with E-state index in [9.17, 15) is 0 Å². The van der Waals surface area contributed by atoms with Crippen molar-refractivity contribution in [3.8, 4) is 0 Å². The summed E-state index contributed by atoms with van der Waals surface area (Å²) in [5.41, 5.74) is 5.29. The van der Waals surface area contributed by atoms with Gasteiger partial charge in [-0.3, -0.25) is 0 Å². The highest BCUT2D eigenvalue weighted by Gasteiger charge is 2.18. The first-order chi connectivity index (χ1) is 14.1. The zero-order chi connectivity index (χ0) is 20.5. The molecular weight excluding hydrogens is 352 g/mol. The molecule has 0 aliphatic rings. The van der Waals surface area contributed by atoms with Crippen molar-refractivity contribution in [1.29, 1.82) is 0 Å². The Labute approximate surface area is 176 Å². The molecule has 2 atom stereocenters. The van der Waals surface area contributed by atoms with E-state index < -0.39 is 0 Å². The molecule has 29 heavy (non-hydrogen) atoms. The minimum atomic E-state index is 0.145. The van der Waals surface area contributed by atoms with Crippen LogP contribution < -0.4 is 0 Å². The maximum Gasteiger partial charge on any atom is 0.0832 e. The summed E-state index contributed by atoms with van der Waals surface area (Å²) in [5, 5.41) is 0. The van der Waals surface area contributed by atoms with Crippen molar-refractivity contribution < 1.29 is 4.74 Å². The van der Waals surface area contributed by atoms with E-state index in [2.05, 4.69) is 106 Å². The van der Waals surface area contributed by atoms with Crippen molar-refractivity contribution in [1.82, 2.24) is 0 Å². The molecule has 0 N–H and O–H groups in total. The van der Waals surface area contributed by atoms with Crippen LogP contribution in [0.25, 0.3) is 0 Å². The second-order valence-corrected chi connectivity index (χ2v) is 8.47. The summed E-state index contributed by atoms with van der Waals surface area (Å²) in [5.74, 6) is 1.29. The van der Waals surface area contributed by atoms with E-state index in [-0.39, 0.29) is 6.10 Å². The fourth-order valence-electron chi connectivity index (χ4n) is 3.51. The molecule has 0 saturated heterocycles. The number of hydrogen-bond donors (Lipinski definition) is 0. The summed E-state index contributed by atoms with van der Waals surface area (Å²) in [7, 11) is 0. The lowest BCUT2D eigenvalue weighted by Gasteiger charge is -2.24. The third kappa shape index (κ3) is 6.87. The third-order valence-corrected chi connectivity index (χ3v) is 5.91. The summed E-state index contributed by atoms with van der Waals surface area (Å²) < 4.78 is 6.40. The Morgan fingerprint density at radius 3 is 1.72 bits per heavy atom. The molecule has 0 aliphatic carbocycles. The van der Waals surface area contributed by atoms with E-state index in [4.69, 9.17) is 4.74 Å². The lowest BCUT2D eigenvalue weighted by atomic mass is 9.90. The van der Waals surface area contributed by atoms with Gasteiger partial charge < -0.3 is 4.74 Å². The minimum absolute atomic E-state index is 0.145. The first-order valence-corrected chi connectivity index (χ1v) is 10.9. The number of benzene rings is 3. The molecule has 0 aliphatic heterocycles. The molecule has 1 heteroatoms. The Kier molecular flexibility index (Phi) is 8.07. The topological polar surface area (TPSA) is 9.23 Å². The van der Waals surface area contributed by atoms with Crippen molar-refractivity contribution in [2.75, 3.05) is 0 Å². The molecule has 0 radical (unpaired) electrons. The summed E-state index contributed by atoms with van der Waals surface area (Å²) >= 11 is 0. The van der Waals surface area contributed by atoms with E-state index >= 15 is 0 Å². The van der Waals surface area contributed by atoms with Gasteiger partial charge in [-0.15, -0.1) is 0 Å². The van der Waals surface area contributed by atoms with Gasteiger partial charge in [-0.2, -0.15) is 0 Å². The SMILES string of the molecule is CC(C)C(C)CC(OCc1ccc(CCc2ccccc2)cc1)c1ccccc1. The lowest BCUT2D eigenvalue weighted by molar-refractivity contribution is 0.0200. The van der Waals surface area contributed by atoms with Crippen LogP contribution in [0.4, 0.5) is 0 Å². The number of hydrogen-bond acceptors (Lipinski definition) is 1. The third-order valence-electron chi connectivity index (χ3n) is 5.91. The van der Waals surface area contributed by atoms with Gasteiger partial charge in [-0.25, -0.2) is 0 Å². The van der Waals surface area contributed by atoms with Crippen LogP contribution in [0, 0.1) is 11.8 Å².